The van der Waals surface area contributed by atoms with Crippen molar-refractivity contribution in [2.45, 2.75) is 18.9 Å². The molecule has 5 heteroatoms. The van der Waals surface area contributed by atoms with Crippen LogP contribution < -0.4 is 4.74 Å². The lowest BCUT2D eigenvalue weighted by Crippen LogP contribution is -2.54. The zero-order chi connectivity index (χ0) is 15.5. The Labute approximate surface area is 126 Å². The molecule has 1 fully saturated rings. The summed E-state index contributed by atoms with van der Waals surface area (Å²) in [6, 6.07) is 7.74. The van der Waals surface area contributed by atoms with Gasteiger partial charge >= 0.3 is 5.97 Å². The summed E-state index contributed by atoms with van der Waals surface area (Å²) in [6.45, 7) is 5.68. The first-order valence-electron chi connectivity index (χ1n) is 7.25. The molecule has 1 N–H and O–H groups in total. The van der Waals surface area contributed by atoms with Gasteiger partial charge in [0.15, 0.2) is 0 Å². The Morgan fingerprint density at radius 3 is 2.57 bits per heavy atom. The van der Waals surface area contributed by atoms with Gasteiger partial charge in [0.1, 0.15) is 5.75 Å². The van der Waals surface area contributed by atoms with Crippen LogP contribution in [0.3, 0.4) is 0 Å². The van der Waals surface area contributed by atoms with E-state index in [2.05, 4.69) is 16.8 Å². The minimum Gasteiger partial charge on any atom is -0.497 e. The molecule has 116 valence electrons. The van der Waals surface area contributed by atoms with Crippen LogP contribution >= 0.6 is 0 Å². The highest BCUT2D eigenvalue weighted by atomic mass is 16.5. The van der Waals surface area contributed by atoms with Gasteiger partial charge < -0.3 is 14.7 Å². The topological polar surface area (TPSA) is 53.0 Å². The van der Waals surface area contributed by atoms with Gasteiger partial charge in [-0.1, -0.05) is 12.1 Å². The molecular formula is C16H24N2O3. The van der Waals surface area contributed by atoms with Gasteiger partial charge in [-0.15, -0.1) is 0 Å². The van der Waals surface area contributed by atoms with Crippen LogP contribution in [-0.2, 0) is 10.3 Å². The third kappa shape index (κ3) is 3.54. The van der Waals surface area contributed by atoms with Crippen molar-refractivity contribution in [1.82, 2.24) is 9.80 Å². The molecule has 0 saturated carbocycles. The summed E-state index contributed by atoms with van der Waals surface area (Å²) in [6.07, 6.45) is 0.0872. The second kappa shape index (κ2) is 6.45. The predicted octanol–water partition coefficient (Wildman–Crippen LogP) is 1.63. The molecule has 5 nitrogen and oxygen atoms in total. The summed E-state index contributed by atoms with van der Waals surface area (Å²) >= 11 is 0. The van der Waals surface area contributed by atoms with Gasteiger partial charge in [-0.2, -0.15) is 0 Å². The molecule has 0 radical (unpaired) electrons. The zero-order valence-corrected chi connectivity index (χ0v) is 13.0. The van der Waals surface area contributed by atoms with Gasteiger partial charge in [-0.25, -0.2) is 0 Å². The lowest BCUT2D eigenvalue weighted by Gasteiger charge is -2.45. The number of carbonyl (C=O) groups is 1. The fraction of sp³-hybridized carbons (Fsp3) is 0.562. The Morgan fingerprint density at radius 2 is 2.00 bits per heavy atom. The average Bonchev–Trinajstić information content (AvgIpc) is 2.47. The molecule has 1 atom stereocenters. The van der Waals surface area contributed by atoms with Gasteiger partial charge in [-0.3, -0.25) is 9.69 Å². The number of piperazine rings is 1. The van der Waals surface area contributed by atoms with E-state index >= 15 is 0 Å². The van der Waals surface area contributed by atoms with E-state index in [1.807, 2.05) is 31.2 Å². The Balaban J connectivity index is 2.33. The monoisotopic (exact) mass is 292 g/mol. The van der Waals surface area contributed by atoms with Crippen molar-refractivity contribution in [3.05, 3.63) is 29.8 Å². The van der Waals surface area contributed by atoms with E-state index in [9.17, 15) is 9.90 Å². The summed E-state index contributed by atoms with van der Waals surface area (Å²) in [4.78, 5) is 15.9. The van der Waals surface area contributed by atoms with Gasteiger partial charge in [-0.05, 0) is 31.7 Å². The average molecular weight is 292 g/mol. The molecule has 1 aromatic rings. The molecule has 0 aliphatic carbocycles. The van der Waals surface area contributed by atoms with Crippen molar-refractivity contribution < 1.29 is 14.6 Å². The van der Waals surface area contributed by atoms with Crippen LogP contribution in [-0.4, -0.2) is 61.2 Å². The lowest BCUT2D eigenvalue weighted by molar-refractivity contribution is -0.140. The van der Waals surface area contributed by atoms with Gasteiger partial charge in [0.05, 0.1) is 19.1 Å². The smallest absolute Gasteiger partial charge is 0.305 e. The molecule has 2 rings (SSSR count). The molecule has 0 aromatic heterocycles. The third-order valence-electron chi connectivity index (χ3n) is 4.39. The maximum Gasteiger partial charge on any atom is 0.305 e. The van der Waals surface area contributed by atoms with Crippen LogP contribution in [0.2, 0.25) is 0 Å². The standard InChI is InChI=1S/C16H24N2O3/c1-16(12-15(19)20,18-9-7-17(2)8-10-18)13-5-4-6-14(11-13)21-3/h4-6,11H,7-10,12H2,1-3H3,(H,19,20). The first-order chi connectivity index (χ1) is 9.95. The number of hydrogen-bond donors (Lipinski definition) is 1. The number of likely N-dealkylation sites (N-methyl/N-ethyl adjacent to an activating group) is 1. The van der Waals surface area contributed by atoms with E-state index in [0.29, 0.717) is 0 Å². The SMILES string of the molecule is COc1cccc(C(C)(CC(=O)O)N2CCN(C)CC2)c1. The number of aliphatic carboxylic acids is 1. The number of rotatable bonds is 5. The van der Waals surface area contributed by atoms with Crippen molar-refractivity contribution in [3.8, 4) is 5.75 Å². The fourth-order valence-corrected chi connectivity index (χ4v) is 2.95. The maximum absolute atomic E-state index is 11.4. The molecule has 1 unspecified atom stereocenters. The second-order valence-electron chi connectivity index (χ2n) is 5.87. The summed E-state index contributed by atoms with van der Waals surface area (Å²) in [7, 11) is 3.72. The number of benzene rings is 1. The number of hydrogen-bond acceptors (Lipinski definition) is 4. The highest BCUT2D eigenvalue weighted by Crippen LogP contribution is 2.34. The van der Waals surface area contributed by atoms with Crippen LogP contribution in [0.5, 0.6) is 5.75 Å². The second-order valence-corrected chi connectivity index (χ2v) is 5.87. The first-order valence-corrected chi connectivity index (χ1v) is 7.25. The van der Waals surface area contributed by atoms with Gasteiger partial charge in [0.25, 0.3) is 0 Å². The van der Waals surface area contributed by atoms with E-state index in [1.54, 1.807) is 7.11 Å². The Kier molecular flexibility index (Phi) is 4.85. The number of methoxy groups -OCH3 is 1. The van der Waals surface area contributed by atoms with Crippen molar-refractivity contribution in [1.29, 1.82) is 0 Å². The largest absolute Gasteiger partial charge is 0.497 e. The molecule has 0 bridgehead atoms. The van der Waals surface area contributed by atoms with Crippen LogP contribution in [0.25, 0.3) is 0 Å². The van der Waals surface area contributed by atoms with Crippen molar-refractivity contribution in [3.63, 3.8) is 0 Å². The van der Waals surface area contributed by atoms with Crippen molar-refractivity contribution in [2.75, 3.05) is 40.3 Å². The molecule has 21 heavy (non-hydrogen) atoms. The van der Waals surface area contributed by atoms with E-state index in [4.69, 9.17) is 4.74 Å². The third-order valence-corrected chi connectivity index (χ3v) is 4.39. The van der Waals surface area contributed by atoms with Crippen molar-refractivity contribution in [2.24, 2.45) is 0 Å². The number of carboxylic acid groups (broad SMARTS) is 1. The normalized spacial score (nSPS) is 20.0. The van der Waals surface area contributed by atoms with Gasteiger partial charge in [0.2, 0.25) is 0 Å². The van der Waals surface area contributed by atoms with Gasteiger partial charge in [0, 0.05) is 26.2 Å². The van der Waals surface area contributed by atoms with Crippen LogP contribution in [0.1, 0.15) is 18.9 Å². The Hall–Kier alpha value is -1.59. The molecule has 1 aromatic carbocycles. The number of ether oxygens (including phenoxy) is 1. The molecule has 0 amide bonds. The zero-order valence-electron chi connectivity index (χ0n) is 13.0. The summed E-state index contributed by atoms with van der Waals surface area (Å²) in [5.41, 5.74) is 0.482. The summed E-state index contributed by atoms with van der Waals surface area (Å²) in [5.74, 6) is -0.0162. The quantitative estimate of drug-likeness (QED) is 0.894. The predicted molar refractivity (Wildman–Crippen MR) is 81.7 cm³/mol. The minimum atomic E-state index is -0.778. The Morgan fingerprint density at radius 1 is 1.33 bits per heavy atom. The van der Waals surface area contributed by atoms with Crippen LogP contribution in [0.4, 0.5) is 0 Å². The molecule has 1 aliphatic rings. The van der Waals surface area contributed by atoms with Crippen LogP contribution in [0.15, 0.2) is 24.3 Å². The maximum atomic E-state index is 11.4. The molecule has 0 spiro atoms. The Bertz CT molecular complexity index is 498. The number of nitrogens with zero attached hydrogens (tertiary/aromatic N) is 2. The lowest BCUT2D eigenvalue weighted by atomic mass is 9.86. The molecule has 1 aliphatic heterocycles. The van der Waals surface area contributed by atoms with E-state index in [-0.39, 0.29) is 6.42 Å². The first kappa shape index (κ1) is 15.8. The minimum absolute atomic E-state index is 0.0872. The van der Waals surface area contributed by atoms with Crippen molar-refractivity contribution >= 4 is 5.97 Å². The summed E-state index contributed by atoms with van der Waals surface area (Å²) in [5, 5.41) is 9.35. The highest BCUT2D eigenvalue weighted by molar-refractivity contribution is 5.69. The molecule has 1 saturated heterocycles. The van der Waals surface area contributed by atoms with E-state index in [0.717, 1.165) is 37.5 Å². The van der Waals surface area contributed by atoms with E-state index in [1.165, 1.54) is 0 Å². The van der Waals surface area contributed by atoms with Crippen LogP contribution in [0, 0.1) is 0 Å². The number of carboxylic acids is 1. The van der Waals surface area contributed by atoms with E-state index < -0.39 is 11.5 Å². The summed E-state index contributed by atoms with van der Waals surface area (Å²) < 4.78 is 5.29. The fourth-order valence-electron chi connectivity index (χ4n) is 2.95. The highest BCUT2D eigenvalue weighted by Gasteiger charge is 2.37. The molecule has 1 heterocycles. The molecular weight excluding hydrogens is 268 g/mol.